The van der Waals surface area contributed by atoms with Crippen molar-refractivity contribution in [3.63, 3.8) is 0 Å². The Kier molecular flexibility index (Phi) is 1.89. The minimum atomic E-state index is -0.824. The fourth-order valence-corrected chi connectivity index (χ4v) is 0.0373. The second-order valence-corrected chi connectivity index (χ2v) is 0.634. The average Bonchev–Trinajstić information content (AvgIpc) is 1.65. The molecule has 3 heteroatoms. The lowest BCUT2D eigenvalue weighted by Gasteiger charge is -1.43. The van der Waals surface area contributed by atoms with Gasteiger partial charge < -0.3 is 0 Å². The van der Waals surface area contributed by atoms with Gasteiger partial charge in [0.15, 0.2) is 0 Å². The molecule has 0 spiro atoms. The second-order valence-electron chi connectivity index (χ2n) is 0.634. The van der Waals surface area contributed by atoms with Gasteiger partial charge in [0.05, 0.1) is 6.08 Å². The highest BCUT2D eigenvalue weighted by atomic mass is 16.3. The lowest BCUT2D eigenvalue weighted by molar-refractivity contribution is -0.114. The van der Waals surface area contributed by atoms with E-state index in [1.807, 2.05) is 5.18 Å². The van der Waals surface area contributed by atoms with E-state index in [2.05, 4.69) is 6.58 Å². The number of carbonyl (C=O) groups is 1. The molecule has 0 saturated carbocycles. The zero-order valence-corrected chi connectivity index (χ0v) is 3.05. The van der Waals surface area contributed by atoms with E-state index in [9.17, 15) is 4.79 Å². The van der Waals surface area contributed by atoms with Gasteiger partial charge in [0, 0.05) is 0 Å². The Morgan fingerprint density at radius 2 is 2.33 bits per heavy atom. The van der Waals surface area contributed by atoms with Crippen molar-refractivity contribution in [2.45, 2.75) is 0 Å². The first kappa shape index (κ1) is 5.01. The highest BCUT2D eigenvalue weighted by Gasteiger charge is 2.05. The molecule has 6 heavy (non-hydrogen) atoms. The molecule has 0 bridgehead atoms. The van der Waals surface area contributed by atoms with E-state index in [4.69, 9.17) is 4.91 Å². The third-order valence-electron chi connectivity index (χ3n) is 0.265. The maximum atomic E-state index is 9.58. The molecule has 0 atom stereocenters. The van der Waals surface area contributed by atoms with Crippen molar-refractivity contribution in [2.75, 3.05) is 0 Å². The monoisotopic (exact) mass is 85.0 g/mol. The standard InChI is InChI=1S/C3H3NO2/c1-2-3(5)4-6/h2H,1H2/q+1. The van der Waals surface area contributed by atoms with E-state index in [1.165, 1.54) is 0 Å². The molecule has 3 nitrogen and oxygen atoms in total. The van der Waals surface area contributed by atoms with E-state index in [1.54, 1.807) is 0 Å². The largest absolute Gasteiger partial charge is 0.540 e. The minimum absolute atomic E-state index is 0.824. The molecular weight excluding hydrogens is 82.0 g/mol. The van der Waals surface area contributed by atoms with Crippen molar-refractivity contribution < 1.29 is 4.79 Å². The smallest absolute Gasteiger partial charge is 0.202 e. The van der Waals surface area contributed by atoms with Crippen molar-refractivity contribution in [2.24, 2.45) is 0 Å². The van der Waals surface area contributed by atoms with E-state index >= 15 is 0 Å². The van der Waals surface area contributed by atoms with Crippen LogP contribution in [0, 0.1) is 4.91 Å². The van der Waals surface area contributed by atoms with Crippen LogP contribution < -0.4 is 5.18 Å². The van der Waals surface area contributed by atoms with Gasteiger partial charge in [0.1, 0.15) is 4.91 Å². The van der Waals surface area contributed by atoms with Gasteiger partial charge in [-0.25, -0.2) is 4.79 Å². The van der Waals surface area contributed by atoms with Crippen molar-refractivity contribution in [1.29, 1.82) is 0 Å². The molecule has 0 aromatic rings. The maximum Gasteiger partial charge on any atom is 0.540 e. The quantitative estimate of drug-likeness (QED) is 0.414. The predicted octanol–water partition coefficient (Wildman–Crippen LogP) is -0.199. The Bertz CT molecular complexity index is 76.8. The van der Waals surface area contributed by atoms with E-state index in [-0.39, 0.29) is 0 Å². The molecule has 1 amide bonds. The molecule has 0 aromatic carbocycles. The number of hydrogen-bond acceptors (Lipinski definition) is 2. The van der Waals surface area contributed by atoms with Crippen LogP contribution in [0.15, 0.2) is 12.7 Å². The summed E-state index contributed by atoms with van der Waals surface area (Å²) in [6.45, 7) is 2.99. The highest BCUT2D eigenvalue weighted by Crippen LogP contribution is 1.56. The van der Waals surface area contributed by atoms with Gasteiger partial charge in [-0.1, -0.05) is 6.58 Å². The van der Waals surface area contributed by atoms with Crippen molar-refractivity contribution in [3.8, 4) is 0 Å². The van der Waals surface area contributed by atoms with Crippen molar-refractivity contribution in [3.05, 3.63) is 17.6 Å². The summed E-state index contributed by atoms with van der Waals surface area (Å²) in [5.41, 5.74) is 0. The Labute approximate surface area is 34.6 Å². The van der Waals surface area contributed by atoms with E-state index in [0.717, 1.165) is 6.08 Å². The Morgan fingerprint density at radius 3 is 2.33 bits per heavy atom. The summed E-state index contributed by atoms with van der Waals surface area (Å²) < 4.78 is 0. The average molecular weight is 85.1 g/mol. The van der Waals surface area contributed by atoms with Crippen LogP contribution in [0.4, 0.5) is 0 Å². The fraction of sp³-hybridized carbons (Fsp3) is 0. The van der Waals surface area contributed by atoms with Crippen LogP contribution in [-0.4, -0.2) is 5.91 Å². The van der Waals surface area contributed by atoms with Crippen molar-refractivity contribution in [1.82, 2.24) is 5.18 Å². The number of amides is 1. The summed E-state index contributed by atoms with van der Waals surface area (Å²) in [5.74, 6) is -0.824. The number of rotatable bonds is 1. The van der Waals surface area contributed by atoms with Crippen LogP contribution in [0.1, 0.15) is 0 Å². The lowest BCUT2D eigenvalue weighted by atomic mass is 10.6. The Morgan fingerprint density at radius 1 is 1.83 bits per heavy atom. The zero-order chi connectivity index (χ0) is 4.99. The third kappa shape index (κ3) is 1.34. The molecule has 0 aliphatic rings. The Balaban J connectivity index is 3.52. The first-order valence-corrected chi connectivity index (χ1v) is 1.31. The van der Waals surface area contributed by atoms with Crippen LogP contribution in [0.5, 0.6) is 0 Å². The van der Waals surface area contributed by atoms with Crippen LogP contribution >= 0.6 is 0 Å². The predicted molar refractivity (Wildman–Crippen MR) is 20.7 cm³/mol. The first-order chi connectivity index (χ1) is 2.81. The Hall–Kier alpha value is -0.990. The van der Waals surface area contributed by atoms with E-state index < -0.39 is 5.91 Å². The van der Waals surface area contributed by atoms with Crippen LogP contribution in [0.2, 0.25) is 0 Å². The molecule has 0 N–H and O–H groups in total. The van der Waals surface area contributed by atoms with Gasteiger partial charge >= 0.3 is 11.1 Å². The van der Waals surface area contributed by atoms with Gasteiger partial charge in [-0.3, -0.25) is 0 Å². The topological polar surface area (TPSA) is 48.2 Å². The molecule has 0 fully saturated rings. The van der Waals surface area contributed by atoms with Gasteiger partial charge in [0.25, 0.3) is 0 Å². The van der Waals surface area contributed by atoms with Gasteiger partial charge in [-0.2, -0.15) is 0 Å². The number of hydrogen-bond donors (Lipinski definition) is 0. The summed E-state index contributed by atoms with van der Waals surface area (Å²) in [5, 5.41) is 2.00. The molecule has 0 unspecified atom stereocenters. The van der Waals surface area contributed by atoms with E-state index in [0.29, 0.717) is 0 Å². The normalized spacial score (nSPS) is 6.67. The van der Waals surface area contributed by atoms with Crippen molar-refractivity contribution >= 4 is 5.91 Å². The first-order valence-electron chi connectivity index (χ1n) is 1.31. The van der Waals surface area contributed by atoms with Crippen LogP contribution in [0.3, 0.4) is 0 Å². The second kappa shape index (κ2) is 2.26. The molecular formula is C3H3NO2+. The molecule has 0 heterocycles. The molecule has 0 rings (SSSR count). The zero-order valence-electron chi connectivity index (χ0n) is 3.05. The summed E-state index contributed by atoms with van der Waals surface area (Å²) in [4.78, 5) is 18.6. The molecule has 0 aliphatic carbocycles. The highest BCUT2D eigenvalue weighted by molar-refractivity contribution is 5.85. The molecule has 1 radical (unpaired) electrons. The minimum Gasteiger partial charge on any atom is -0.202 e. The summed E-state index contributed by atoms with van der Waals surface area (Å²) in [7, 11) is 0. The third-order valence-corrected chi connectivity index (χ3v) is 0.265. The van der Waals surface area contributed by atoms with Crippen LogP contribution in [-0.2, 0) is 4.79 Å². The molecule has 0 saturated heterocycles. The summed E-state index contributed by atoms with van der Waals surface area (Å²) in [6.07, 6.45) is 0.854. The summed E-state index contributed by atoms with van der Waals surface area (Å²) >= 11 is 0. The molecule has 0 aromatic heterocycles. The van der Waals surface area contributed by atoms with Gasteiger partial charge in [-0.05, 0) is 0 Å². The van der Waals surface area contributed by atoms with Gasteiger partial charge in [0.2, 0.25) is 0 Å². The van der Waals surface area contributed by atoms with Crippen LogP contribution in [0.25, 0.3) is 0 Å². The number of nitrogens with zero attached hydrogens (tertiary/aromatic N) is 1. The van der Waals surface area contributed by atoms with Gasteiger partial charge in [-0.15, -0.1) is 0 Å². The summed E-state index contributed by atoms with van der Waals surface area (Å²) in [6, 6.07) is 0. The molecule has 0 aliphatic heterocycles. The SMILES string of the molecule is C=CC(=O)[N+]=O. The number of nitroso groups, excluding NO2 is 1. The lowest BCUT2D eigenvalue weighted by Crippen LogP contribution is -1.93. The maximum absolute atomic E-state index is 9.58. The fourth-order valence-electron chi connectivity index (χ4n) is 0.0373. The molecule has 31 valence electrons. The number of carbonyl (C=O) groups excluding carboxylic acids is 1.